The number of likely N-dealkylation sites (N-methyl/N-ethyl adjacent to an activating group) is 1. The Morgan fingerprint density at radius 2 is 1.89 bits per heavy atom. The summed E-state index contributed by atoms with van der Waals surface area (Å²) in [6.07, 6.45) is 1.22. The lowest BCUT2D eigenvalue weighted by Gasteiger charge is -2.30. The molecular formula is C27H22F2N4O4. The van der Waals surface area contributed by atoms with Crippen molar-refractivity contribution in [3.05, 3.63) is 100.0 Å². The van der Waals surface area contributed by atoms with Gasteiger partial charge in [0.1, 0.15) is 24.0 Å². The molecule has 0 fully saturated rings. The number of nitrogens with two attached hydrogens (primary N) is 1. The Labute approximate surface area is 210 Å². The second-order valence-electron chi connectivity index (χ2n) is 8.52. The molecule has 3 heterocycles. The zero-order chi connectivity index (χ0) is 26.1. The number of ether oxygens (including phenoxy) is 2. The SMILES string of the molecule is CN1CCOc2c1cc(C(=O)Cc1ccc(Oc3ccnc(N)c3)c(F)c1)c(=O)n2-c1ccc(F)cc1. The van der Waals surface area contributed by atoms with Crippen molar-refractivity contribution in [1.82, 2.24) is 9.55 Å². The number of carbonyl (C=O) groups is 1. The van der Waals surface area contributed by atoms with Gasteiger partial charge in [-0.1, -0.05) is 6.07 Å². The molecule has 1 aliphatic rings. The van der Waals surface area contributed by atoms with Crippen LogP contribution in [-0.4, -0.2) is 35.5 Å². The van der Waals surface area contributed by atoms with E-state index in [1.807, 2.05) is 11.9 Å². The van der Waals surface area contributed by atoms with E-state index in [4.69, 9.17) is 15.2 Å². The van der Waals surface area contributed by atoms with Crippen LogP contribution >= 0.6 is 0 Å². The molecular weight excluding hydrogens is 482 g/mol. The van der Waals surface area contributed by atoms with Gasteiger partial charge in [-0.2, -0.15) is 0 Å². The number of halogens is 2. The largest absolute Gasteiger partial charge is 0.475 e. The third kappa shape index (κ3) is 4.86. The number of ketones is 1. The zero-order valence-electron chi connectivity index (χ0n) is 19.8. The Hall–Kier alpha value is -4.73. The third-order valence-electron chi connectivity index (χ3n) is 5.94. The smallest absolute Gasteiger partial charge is 0.268 e. The highest BCUT2D eigenvalue weighted by Gasteiger charge is 2.26. The van der Waals surface area contributed by atoms with E-state index in [0.717, 1.165) is 0 Å². The first-order valence-electron chi connectivity index (χ1n) is 11.4. The van der Waals surface area contributed by atoms with Gasteiger partial charge in [0.2, 0.25) is 5.88 Å². The number of nitrogen functional groups attached to an aromatic ring is 1. The number of pyridine rings is 2. The van der Waals surface area contributed by atoms with Gasteiger partial charge in [0, 0.05) is 25.7 Å². The van der Waals surface area contributed by atoms with Crippen LogP contribution in [0.5, 0.6) is 17.4 Å². The van der Waals surface area contributed by atoms with E-state index in [9.17, 15) is 18.4 Å². The van der Waals surface area contributed by atoms with E-state index in [1.54, 1.807) is 6.07 Å². The van der Waals surface area contributed by atoms with Gasteiger partial charge < -0.3 is 20.1 Å². The molecule has 4 aromatic rings. The zero-order valence-corrected chi connectivity index (χ0v) is 19.8. The number of nitrogens with zero attached hydrogens (tertiary/aromatic N) is 3. The van der Waals surface area contributed by atoms with Crippen molar-refractivity contribution >= 4 is 17.3 Å². The second kappa shape index (κ2) is 9.73. The van der Waals surface area contributed by atoms with Crippen LogP contribution in [0.3, 0.4) is 0 Å². The second-order valence-corrected chi connectivity index (χ2v) is 8.52. The lowest BCUT2D eigenvalue weighted by molar-refractivity contribution is 0.0991. The van der Waals surface area contributed by atoms with Crippen molar-refractivity contribution in [3.8, 4) is 23.1 Å². The molecule has 0 spiro atoms. The number of benzene rings is 2. The number of hydrogen-bond donors (Lipinski definition) is 1. The Kier molecular flexibility index (Phi) is 6.31. The molecule has 2 N–H and O–H groups in total. The van der Waals surface area contributed by atoms with E-state index in [0.29, 0.717) is 35.8 Å². The molecule has 8 nitrogen and oxygen atoms in total. The Bertz CT molecular complexity index is 1550. The van der Waals surface area contributed by atoms with Crippen molar-refractivity contribution < 1.29 is 23.0 Å². The number of carbonyl (C=O) groups excluding carboxylic acids is 1. The molecule has 5 rings (SSSR count). The minimum atomic E-state index is -0.678. The number of Topliss-reactive ketones (excluding diaryl/α,β-unsaturated/α-hetero) is 1. The highest BCUT2D eigenvalue weighted by Crippen LogP contribution is 2.33. The van der Waals surface area contributed by atoms with Crippen LogP contribution in [0.4, 0.5) is 20.3 Å². The Morgan fingerprint density at radius 3 is 2.62 bits per heavy atom. The quantitative estimate of drug-likeness (QED) is 0.394. The molecule has 2 aromatic heterocycles. The van der Waals surface area contributed by atoms with E-state index >= 15 is 0 Å². The Balaban J connectivity index is 1.47. The normalized spacial score (nSPS) is 12.6. The van der Waals surface area contributed by atoms with Gasteiger partial charge in [0.15, 0.2) is 17.3 Å². The third-order valence-corrected chi connectivity index (χ3v) is 5.94. The van der Waals surface area contributed by atoms with Crippen LogP contribution in [0.25, 0.3) is 5.69 Å². The maximum absolute atomic E-state index is 14.8. The highest BCUT2D eigenvalue weighted by atomic mass is 19.1. The van der Waals surface area contributed by atoms with Gasteiger partial charge in [-0.05, 0) is 54.1 Å². The summed E-state index contributed by atoms with van der Waals surface area (Å²) in [7, 11) is 1.82. The van der Waals surface area contributed by atoms with Crippen LogP contribution in [-0.2, 0) is 6.42 Å². The predicted octanol–water partition coefficient (Wildman–Crippen LogP) is 4.14. The molecule has 0 aliphatic carbocycles. The number of aromatic nitrogens is 2. The summed E-state index contributed by atoms with van der Waals surface area (Å²) in [6, 6.07) is 13.9. The predicted molar refractivity (Wildman–Crippen MR) is 134 cm³/mol. The van der Waals surface area contributed by atoms with Crippen LogP contribution < -0.4 is 25.7 Å². The van der Waals surface area contributed by atoms with Gasteiger partial charge in [-0.25, -0.2) is 18.3 Å². The fourth-order valence-electron chi connectivity index (χ4n) is 4.06. The van der Waals surface area contributed by atoms with Gasteiger partial charge in [-0.3, -0.25) is 9.59 Å². The maximum Gasteiger partial charge on any atom is 0.268 e. The minimum absolute atomic E-state index is 0.0481. The fourth-order valence-corrected chi connectivity index (χ4v) is 4.06. The summed E-state index contributed by atoms with van der Waals surface area (Å²) in [5.41, 5.74) is 6.19. The summed E-state index contributed by atoms with van der Waals surface area (Å²) in [6.45, 7) is 0.898. The average molecular weight is 504 g/mol. The molecule has 0 amide bonds. The van der Waals surface area contributed by atoms with Crippen molar-refractivity contribution in [2.45, 2.75) is 6.42 Å². The Morgan fingerprint density at radius 1 is 1.11 bits per heavy atom. The molecule has 1 aliphatic heterocycles. The van der Waals surface area contributed by atoms with Crippen LogP contribution in [0, 0.1) is 11.6 Å². The van der Waals surface area contributed by atoms with Gasteiger partial charge >= 0.3 is 0 Å². The van der Waals surface area contributed by atoms with Crippen molar-refractivity contribution in [1.29, 1.82) is 0 Å². The van der Waals surface area contributed by atoms with E-state index in [-0.39, 0.29) is 29.4 Å². The van der Waals surface area contributed by atoms with Crippen molar-refractivity contribution in [2.24, 2.45) is 0 Å². The maximum atomic E-state index is 14.8. The minimum Gasteiger partial charge on any atom is -0.475 e. The topological polar surface area (TPSA) is 99.7 Å². The first-order valence-corrected chi connectivity index (χ1v) is 11.4. The van der Waals surface area contributed by atoms with Gasteiger partial charge in [-0.15, -0.1) is 0 Å². The number of hydrogen-bond acceptors (Lipinski definition) is 7. The summed E-state index contributed by atoms with van der Waals surface area (Å²) in [4.78, 5) is 32.5. The lowest BCUT2D eigenvalue weighted by atomic mass is 10.0. The van der Waals surface area contributed by atoms with E-state index < -0.39 is 23.0 Å². The molecule has 0 radical (unpaired) electrons. The molecule has 37 heavy (non-hydrogen) atoms. The molecule has 0 saturated heterocycles. The summed E-state index contributed by atoms with van der Waals surface area (Å²) < 4.78 is 40.8. The number of rotatable bonds is 6. The van der Waals surface area contributed by atoms with E-state index in [1.165, 1.54) is 65.4 Å². The van der Waals surface area contributed by atoms with Crippen molar-refractivity contribution in [2.75, 3.05) is 30.8 Å². The highest BCUT2D eigenvalue weighted by molar-refractivity contribution is 5.98. The number of fused-ring (bicyclic) bond motifs is 1. The number of anilines is 2. The van der Waals surface area contributed by atoms with Crippen LogP contribution in [0.1, 0.15) is 15.9 Å². The van der Waals surface area contributed by atoms with Crippen LogP contribution in [0.2, 0.25) is 0 Å². The standard InChI is InChI=1S/C27H22F2N4O4/c1-32-10-11-36-27-22(32)15-20(26(35)33(27)18-5-3-17(28)4-6-18)23(34)13-16-2-7-24(21(29)12-16)37-19-8-9-31-25(30)14-19/h2-9,12,14-15H,10-11,13H2,1H3,(H2,30,31). The fraction of sp³-hybridized carbons (Fsp3) is 0.148. The molecule has 0 saturated carbocycles. The first-order chi connectivity index (χ1) is 17.8. The molecule has 0 atom stereocenters. The monoisotopic (exact) mass is 504 g/mol. The first kappa shape index (κ1) is 24.0. The lowest BCUT2D eigenvalue weighted by Crippen LogP contribution is -2.35. The summed E-state index contributed by atoms with van der Waals surface area (Å²) in [5, 5.41) is 0. The summed E-state index contributed by atoms with van der Waals surface area (Å²) in [5.74, 6) is -0.873. The molecule has 2 aromatic carbocycles. The molecule has 10 heteroatoms. The van der Waals surface area contributed by atoms with Crippen LogP contribution in [0.15, 0.2) is 71.7 Å². The van der Waals surface area contributed by atoms with Crippen molar-refractivity contribution in [3.63, 3.8) is 0 Å². The average Bonchev–Trinajstić information content (AvgIpc) is 2.86. The van der Waals surface area contributed by atoms with Gasteiger partial charge in [0.25, 0.3) is 5.56 Å². The van der Waals surface area contributed by atoms with E-state index in [2.05, 4.69) is 4.98 Å². The molecule has 0 unspecified atom stereocenters. The molecule has 188 valence electrons. The van der Waals surface area contributed by atoms with Gasteiger partial charge in [0.05, 0.1) is 23.5 Å². The summed E-state index contributed by atoms with van der Waals surface area (Å²) >= 11 is 0. The molecule has 0 bridgehead atoms.